The highest BCUT2D eigenvalue weighted by molar-refractivity contribution is 5.62. The van der Waals surface area contributed by atoms with Gasteiger partial charge >= 0.3 is 0 Å². The lowest BCUT2D eigenvalue weighted by Crippen LogP contribution is -2.30. The van der Waals surface area contributed by atoms with Crippen LogP contribution < -0.4 is 5.06 Å². The molecule has 2 atom stereocenters. The topological polar surface area (TPSA) is 12.5 Å². The second-order valence-corrected chi connectivity index (χ2v) is 6.41. The number of hydrogen-bond donors (Lipinski definition) is 0. The van der Waals surface area contributed by atoms with Crippen LogP contribution in [0.15, 0.2) is 48.5 Å². The van der Waals surface area contributed by atoms with Crippen molar-refractivity contribution in [3.05, 3.63) is 70.8 Å². The Kier molecular flexibility index (Phi) is 3.27. The quantitative estimate of drug-likeness (QED) is 0.810. The van der Waals surface area contributed by atoms with Gasteiger partial charge in [0, 0.05) is 12.8 Å². The van der Waals surface area contributed by atoms with Crippen LogP contribution in [-0.4, -0.2) is 12.1 Å². The Morgan fingerprint density at radius 1 is 1.14 bits per heavy atom. The van der Waals surface area contributed by atoms with Gasteiger partial charge in [-0.1, -0.05) is 48.6 Å². The predicted molar refractivity (Wildman–Crippen MR) is 90.9 cm³/mol. The van der Waals surface area contributed by atoms with Crippen molar-refractivity contribution in [2.45, 2.75) is 38.8 Å². The summed E-state index contributed by atoms with van der Waals surface area (Å²) in [5.74, 6) is 0. The van der Waals surface area contributed by atoms with E-state index in [4.69, 9.17) is 4.84 Å². The van der Waals surface area contributed by atoms with Gasteiger partial charge in [-0.2, -0.15) is 0 Å². The summed E-state index contributed by atoms with van der Waals surface area (Å²) in [5.41, 5.74) is 6.65. The first-order valence-corrected chi connectivity index (χ1v) is 8.00. The zero-order valence-corrected chi connectivity index (χ0v) is 13.1. The molecule has 2 bridgehead atoms. The standard InChI is InChI=1S/C20H21NO/c1-14-10-15(2)19-13-18-12-17(21(22-18)20(19)11-14)9-8-16-6-4-3-5-7-16/h3-11,17-18H,12-13H2,1-2H3/b9-8+/t17-,18+/m1/s1. The SMILES string of the molecule is Cc1cc(C)c2c(c1)N1O[C@H](C2)C[C@H]1/C=C/c1ccccc1. The lowest BCUT2D eigenvalue weighted by atomic mass is 9.97. The molecule has 1 saturated heterocycles. The number of hydrogen-bond acceptors (Lipinski definition) is 2. The minimum Gasteiger partial charge on any atom is -0.269 e. The molecule has 0 radical (unpaired) electrons. The van der Waals surface area contributed by atoms with E-state index in [-0.39, 0.29) is 0 Å². The molecule has 1 fully saturated rings. The van der Waals surface area contributed by atoms with Gasteiger partial charge in [-0.15, -0.1) is 0 Å². The van der Waals surface area contributed by atoms with Gasteiger partial charge in [0.05, 0.1) is 17.8 Å². The van der Waals surface area contributed by atoms with Crippen molar-refractivity contribution in [2.24, 2.45) is 0 Å². The van der Waals surface area contributed by atoms with E-state index in [0.29, 0.717) is 12.1 Å². The van der Waals surface area contributed by atoms with Gasteiger partial charge in [0.25, 0.3) is 0 Å². The molecule has 2 nitrogen and oxygen atoms in total. The molecule has 0 aromatic heterocycles. The molecule has 0 unspecified atom stereocenters. The van der Waals surface area contributed by atoms with Crippen LogP contribution in [0.25, 0.3) is 6.08 Å². The molecule has 2 aliphatic heterocycles. The van der Waals surface area contributed by atoms with Crippen molar-refractivity contribution in [1.29, 1.82) is 0 Å². The number of rotatable bonds is 2. The minimum atomic E-state index is 0.319. The van der Waals surface area contributed by atoms with E-state index in [0.717, 1.165) is 12.8 Å². The summed E-state index contributed by atoms with van der Waals surface area (Å²) in [6, 6.07) is 15.3. The summed E-state index contributed by atoms with van der Waals surface area (Å²) in [5, 5.41) is 2.13. The Morgan fingerprint density at radius 2 is 1.95 bits per heavy atom. The number of aryl methyl sites for hydroxylation is 2. The van der Waals surface area contributed by atoms with E-state index < -0.39 is 0 Å². The van der Waals surface area contributed by atoms with Crippen LogP contribution in [-0.2, 0) is 11.3 Å². The van der Waals surface area contributed by atoms with Crippen molar-refractivity contribution >= 4 is 11.8 Å². The van der Waals surface area contributed by atoms with Crippen molar-refractivity contribution in [1.82, 2.24) is 0 Å². The molecule has 0 aliphatic carbocycles. The number of hydroxylamine groups is 1. The number of anilines is 1. The van der Waals surface area contributed by atoms with Gasteiger partial charge in [-0.05, 0) is 42.2 Å². The Balaban J connectivity index is 1.66. The third-order valence-electron chi connectivity index (χ3n) is 4.64. The largest absolute Gasteiger partial charge is 0.269 e. The first kappa shape index (κ1) is 13.6. The monoisotopic (exact) mass is 291 g/mol. The molecule has 0 amide bonds. The Hall–Kier alpha value is -2.06. The molecule has 2 aliphatic rings. The van der Waals surface area contributed by atoms with Gasteiger partial charge in [0.15, 0.2) is 0 Å². The molecule has 2 aromatic carbocycles. The van der Waals surface area contributed by atoms with Crippen LogP contribution in [0, 0.1) is 13.8 Å². The Morgan fingerprint density at radius 3 is 2.77 bits per heavy atom. The highest BCUT2D eigenvalue weighted by atomic mass is 16.7. The molecule has 4 rings (SSSR count). The van der Waals surface area contributed by atoms with Crippen LogP contribution in [0.5, 0.6) is 0 Å². The minimum absolute atomic E-state index is 0.319. The lowest BCUT2D eigenvalue weighted by Gasteiger charge is -2.30. The van der Waals surface area contributed by atoms with Crippen molar-refractivity contribution in [3.63, 3.8) is 0 Å². The maximum Gasteiger partial charge on any atom is 0.0921 e. The molecule has 0 spiro atoms. The summed E-state index contributed by atoms with van der Waals surface area (Å²) in [4.78, 5) is 6.12. The highest BCUT2D eigenvalue weighted by Gasteiger charge is 2.38. The normalized spacial score (nSPS) is 23.1. The van der Waals surface area contributed by atoms with Crippen molar-refractivity contribution in [2.75, 3.05) is 5.06 Å². The molecule has 22 heavy (non-hydrogen) atoms. The maximum atomic E-state index is 6.12. The van der Waals surface area contributed by atoms with E-state index in [1.54, 1.807) is 0 Å². The third-order valence-corrected chi connectivity index (χ3v) is 4.64. The molecular formula is C20H21NO. The molecule has 2 heteroatoms. The first-order chi connectivity index (χ1) is 10.7. The number of fused-ring (bicyclic) bond motifs is 4. The summed E-state index contributed by atoms with van der Waals surface area (Å²) in [7, 11) is 0. The van der Waals surface area contributed by atoms with Gasteiger partial charge < -0.3 is 0 Å². The third kappa shape index (κ3) is 2.34. The average Bonchev–Trinajstić information content (AvgIpc) is 2.85. The van der Waals surface area contributed by atoms with E-state index in [9.17, 15) is 0 Å². The van der Waals surface area contributed by atoms with Crippen LogP contribution in [0.2, 0.25) is 0 Å². The average molecular weight is 291 g/mol. The van der Waals surface area contributed by atoms with Crippen molar-refractivity contribution < 1.29 is 4.84 Å². The van der Waals surface area contributed by atoms with E-state index in [1.807, 2.05) is 6.07 Å². The zero-order chi connectivity index (χ0) is 15.1. The fourth-order valence-corrected chi connectivity index (χ4v) is 3.61. The number of nitrogens with zero attached hydrogens (tertiary/aromatic N) is 1. The smallest absolute Gasteiger partial charge is 0.0921 e. The van der Waals surface area contributed by atoms with E-state index >= 15 is 0 Å². The van der Waals surface area contributed by atoms with Gasteiger partial charge in [0.1, 0.15) is 0 Å². The van der Waals surface area contributed by atoms with Crippen LogP contribution >= 0.6 is 0 Å². The Labute approximate surface area is 132 Å². The molecule has 2 aromatic rings. The van der Waals surface area contributed by atoms with E-state index in [1.165, 1.54) is 27.9 Å². The molecule has 2 heterocycles. The fraction of sp³-hybridized carbons (Fsp3) is 0.300. The van der Waals surface area contributed by atoms with Crippen molar-refractivity contribution in [3.8, 4) is 0 Å². The Bertz CT molecular complexity index is 720. The summed E-state index contributed by atoms with van der Waals surface area (Å²) < 4.78 is 0. The van der Waals surface area contributed by atoms with Crippen LogP contribution in [0.4, 0.5) is 5.69 Å². The molecule has 0 saturated carbocycles. The van der Waals surface area contributed by atoms with Crippen LogP contribution in [0.3, 0.4) is 0 Å². The lowest BCUT2D eigenvalue weighted by molar-refractivity contribution is 0.0750. The van der Waals surface area contributed by atoms with E-state index in [2.05, 4.69) is 67.5 Å². The molecule has 112 valence electrons. The summed E-state index contributed by atoms with van der Waals surface area (Å²) in [6.45, 7) is 4.37. The van der Waals surface area contributed by atoms with Crippen LogP contribution in [0.1, 0.15) is 28.7 Å². The van der Waals surface area contributed by atoms with Gasteiger partial charge in [-0.25, -0.2) is 5.06 Å². The summed E-state index contributed by atoms with van der Waals surface area (Å²) in [6.07, 6.45) is 6.91. The maximum absolute atomic E-state index is 6.12. The zero-order valence-electron chi connectivity index (χ0n) is 13.1. The fourth-order valence-electron chi connectivity index (χ4n) is 3.61. The predicted octanol–water partition coefficient (Wildman–Crippen LogP) is 4.45. The highest BCUT2D eigenvalue weighted by Crippen LogP contribution is 2.40. The van der Waals surface area contributed by atoms with Gasteiger partial charge in [-0.3, -0.25) is 4.84 Å². The number of benzene rings is 2. The van der Waals surface area contributed by atoms with Gasteiger partial charge in [0.2, 0.25) is 0 Å². The molecule has 0 N–H and O–H groups in total. The second kappa shape index (κ2) is 5.29. The molecular weight excluding hydrogens is 270 g/mol. The second-order valence-electron chi connectivity index (χ2n) is 6.41. The summed E-state index contributed by atoms with van der Waals surface area (Å²) >= 11 is 0. The first-order valence-electron chi connectivity index (χ1n) is 8.00.